The Morgan fingerprint density at radius 3 is 2.48 bits per heavy atom. The number of H-pyrrole nitrogens is 1. The first kappa shape index (κ1) is 13.6. The van der Waals surface area contributed by atoms with Crippen LogP contribution >= 0.6 is 0 Å². The van der Waals surface area contributed by atoms with Gasteiger partial charge >= 0.3 is 0 Å². The third-order valence-corrected chi connectivity index (χ3v) is 4.06. The standard InChI is InChI=1S/C19H19NO/c1-3-17-13(2)19(21)16-11-7-10-15(18(16)20-17)12-14-8-5-4-6-9-14/h4-11H,3,12H2,1-2H3,(H,20,21). The molecule has 0 radical (unpaired) electrons. The zero-order chi connectivity index (χ0) is 14.8. The highest BCUT2D eigenvalue weighted by molar-refractivity contribution is 5.83. The first-order chi connectivity index (χ1) is 10.2. The van der Waals surface area contributed by atoms with E-state index in [-0.39, 0.29) is 5.43 Å². The molecule has 0 bridgehead atoms. The van der Waals surface area contributed by atoms with E-state index in [1.807, 2.05) is 37.3 Å². The molecule has 1 heterocycles. The molecule has 2 heteroatoms. The molecule has 0 fully saturated rings. The maximum Gasteiger partial charge on any atom is 0.192 e. The monoisotopic (exact) mass is 277 g/mol. The summed E-state index contributed by atoms with van der Waals surface area (Å²) < 4.78 is 0. The molecule has 1 N–H and O–H groups in total. The van der Waals surface area contributed by atoms with Crippen LogP contribution in [-0.2, 0) is 12.8 Å². The van der Waals surface area contributed by atoms with E-state index in [9.17, 15) is 4.79 Å². The van der Waals surface area contributed by atoms with Crippen LogP contribution in [0, 0.1) is 6.92 Å². The van der Waals surface area contributed by atoms with Crippen LogP contribution < -0.4 is 5.43 Å². The number of aromatic amines is 1. The third-order valence-electron chi connectivity index (χ3n) is 4.06. The fraction of sp³-hybridized carbons (Fsp3) is 0.211. The van der Waals surface area contributed by atoms with Gasteiger partial charge in [-0.1, -0.05) is 49.4 Å². The van der Waals surface area contributed by atoms with Crippen molar-refractivity contribution in [3.05, 3.63) is 81.1 Å². The van der Waals surface area contributed by atoms with Crippen molar-refractivity contribution >= 4 is 10.9 Å². The Hall–Kier alpha value is -2.35. The van der Waals surface area contributed by atoms with Gasteiger partial charge in [-0.15, -0.1) is 0 Å². The highest BCUT2D eigenvalue weighted by atomic mass is 16.1. The maximum absolute atomic E-state index is 12.5. The number of rotatable bonds is 3. The number of para-hydroxylation sites is 1. The Morgan fingerprint density at radius 2 is 1.76 bits per heavy atom. The summed E-state index contributed by atoms with van der Waals surface area (Å²) in [5.74, 6) is 0. The topological polar surface area (TPSA) is 32.9 Å². The van der Waals surface area contributed by atoms with Gasteiger partial charge in [0.1, 0.15) is 0 Å². The molecule has 0 unspecified atom stereocenters. The van der Waals surface area contributed by atoms with Crippen molar-refractivity contribution in [1.82, 2.24) is 4.98 Å². The van der Waals surface area contributed by atoms with Gasteiger partial charge in [0.2, 0.25) is 0 Å². The summed E-state index contributed by atoms with van der Waals surface area (Å²) in [6, 6.07) is 16.3. The van der Waals surface area contributed by atoms with Crippen molar-refractivity contribution in [2.24, 2.45) is 0 Å². The minimum absolute atomic E-state index is 0.149. The lowest BCUT2D eigenvalue weighted by Crippen LogP contribution is -2.12. The number of aromatic nitrogens is 1. The van der Waals surface area contributed by atoms with Gasteiger partial charge in [0.05, 0.1) is 5.52 Å². The number of hydrogen-bond donors (Lipinski definition) is 1. The minimum Gasteiger partial charge on any atom is -0.358 e. The van der Waals surface area contributed by atoms with Crippen molar-refractivity contribution in [3.8, 4) is 0 Å². The van der Waals surface area contributed by atoms with Gasteiger partial charge < -0.3 is 4.98 Å². The van der Waals surface area contributed by atoms with Crippen LogP contribution in [0.25, 0.3) is 10.9 Å². The SMILES string of the molecule is CCc1[nH]c2c(Cc3ccccc3)cccc2c(=O)c1C. The van der Waals surface area contributed by atoms with Crippen molar-refractivity contribution in [3.63, 3.8) is 0 Å². The second kappa shape index (κ2) is 5.57. The number of aryl methyl sites for hydroxylation is 1. The average molecular weight is 277 g/mol. The molecule has 2 aromatic carbocycles. The molecule has 0 atom stereocenters. The van der Waals surface area contributed by atoms with Crippen LogP contribution in [0.5, 0.6) is 0 Å². The molecule has 1 aromatic heterocycles. The first-order valence-corrected chi connectivity index (χ1v) is 7.38. The van der Waals surface area contributed by atoms with E-state index in [0.29, 0.717) is 0 Å². The Balaban J connectivity index is 2.20. The third kappa shape index (κ3) is 2.49. The van der Waals surface area contributed by atoms with Crippen LogP contribution in [0.4, 0.5) is 0 Å². The molecule has 3 aromatic rings. The summed E-state index contributed by atoms with van der Waals surface area (Å²) in [6.07, 6.45) is 1.68. The molecule has 106 valence electrons. The summed E-state index contributed by atoms with van der Waals surface area (Å²) in [5, 5.41) is 0.790. The van der Waals surface area contributed by atoms with Crippen molar-refractivity contribution < 1.29 is 0 Å². The van der Waals surface area contributed by atoms with E-state index in [0.717, 1.165) is 35.0 Å². The number of benzene rings is 2. The van der Waals surface area contributed by atoms with E-state index in [1.165, 1.54) is 11.1 Å². The fourth-order valence-corrected chi connectivity index (χ4v) is 2.84. The van der Waals surface area contributed by atoms with Gasteiger partial charge in [0.15, 0.2) is 5.43 Å². The Morgan fingerprint density at radius 1 is 1.00 bits per heavy atom. The predicted molar refractivity (Wildman–Crippen MR) is 87.9 cm³/mol. The van der Waals surface area contributed by atoms with Crippen LogP contribution in [-0.4, -0.2) is 4.98 Å². The van der Waals surface area contributed by atoms with Gasteiger partial charge in [0, 0.05) is 16.6 Å². The molecule has 0 aliphatic heterocycles. The maximum atomic E-state index is 12.5. The summed E-state index contributed by atoms with van der Waals surface area (Å²) in [6.45, 7) is 3.98. The highest BCUT2D eigenvalue weighted by Crippen LogP contribution is 2.19. The Bertz CT molecular complexity index is 831. The van der Waals surface area contributed by atoms with E-state index >= 15 is 0 Å². The van der Waals surface area contributed by atoms with Crippen molar-refractivity contribution in [1.29, 1.82) is 0 Å². The van der Waals surface area contributed by atoms with E-state index in [1.54, 1.807) is 0 Å². The molecule has 0 spiro atoms. The first-order valence-electron chi connectivity index (χ1n) is 7.38. The van der Waals surface area contributed by atoms with Gasteiger partial charge in [-0.25, -0.2) is 0 Å². The summed E-state index contributed by atoms with van der Waals surface area (Å²) in [4.78, 5) is 16.0. The van der Waals surface area contributed by atoms with E-state index in [2.05, 4.69) is 30.1 Å². The largest absolute Gasteiger partial charge is 0.358 e. The molecule has 21 heavy (non-hydrogen) atoms. The Labute approximate surface area is 124 Å². The van der Waals surface area contributed by atoms with Gasteiger partial charge in [-0.2, -0.15) is 0 Å². The summed E-state index contributed by atoms with van der Waals surface area (Å²) in [5.41, 5.74) is 5.43. The van der Waals surface area contributed by atoms with Gasteiger partial charge in [-0.3, -0.25) is 4.79 Å². The predicted octanol–water partition coefficient (Wildman–Crippen LogP) is 3.99. The van der Waals surface area contributed by atoms with Gasteiger partial charge in [-0.05, 0) is 37.0 Å². The lowest BCUT2D eigenvalue weighted by molar-refractivity contribution is 1.02. The molecule has 0 saturated heterocycles. The fourth-order valence-electron chi connectivity index (χ4n) is 2.84. The molecule has 0 aliphatic carbocycles. The smallest absolute Gasteiger partial charge is 0.192 e. The zero-order valence-electron chi connectivity index (χ0n) is 12.4. The molecule has 2 nitrogen and oxygen atoms in total. The molecule has 0 amide bonds. The van der Waals surface area contributed by atoms with Crippen LogP contribution in [0.2, 0.25) is 0 Å². The second-order valence-corrected chi connectivity index (χ2v) is 5.41. The average Bonchev–Trinajstić information content (AvgIpc) is 2.52. The zero-order valence-corrected chi connectivity index (χ0v) is 12.4. The second-order valence-electron chi connectivity index (χ2n) is 5.41. The Kier molecular flexibility index (Phi) is 3.61. The van der Waals surface area contributed by atoms with Crippen molar-refractivity contribution in [2.75, 3.05) is 0 Å². The van der Waals surface area contributed by atoms with E-state index in [4.69, 9.17) is 0 Å². The molecular weight excluding hydrogens is 258 g/mol. The van der Waals surface area contributed by atoms with Gasteiger partial charge in [0.25, 0.3) is 0 Å². The van der Waals surface area contributed by atoms with Crippen LogP contribution in [0.1, 0.15) is 29.3 Å². The lowest BCUT2D eigenvalue weighted by Gasteiger charge is -2.11. The number of hydrogen-bond acceptors (Lipinski definition) is 1. The highest BCUT2D eigenvalue weighted by Gasteiger charge is 2.10. The van der Waals surface area contributed by atoms with Crippen molar-refractivity contribution in [2.45, 2.75) is 26.7 Å². The van der Waals surface area contributed by atoms with Crippen LogP contribution in [0.15, 0.2) is 53.3 Å². The number of pyridine rings is 1. The summed E-state index contributed by atoms with van der Waals surface area (Å²) in [7, 11) is 0. The quantitative estimate of drug-likeness (QED) is 0.771. The molecule has 0 saturated carbocycles. The molecular formula is C19H19NO. The molecule has 0 aliphatic rings. The minimum atomic E-state index is 0.149. The van der Waals surface area contributed by atoms with Crippen LogP contribution in [0.3, 0.4) is 0 Å². The normalized spacial score (nSPS) is 11.0. The number of nitrogens with one attached hydrogen (secondary N) is 1. The number of fused-ring (bicyclic) bond motifs is 1. The van der Waals surface area contributed by atoms with E-state index < -0.39 is 0 Å². The molecule has 3 rings (SSSR count). The summed E-state index contributed by atoms with van der Waals surface area (Å²) >= 11 is 0. The lowest BCUT2D eigenvalue weighted by atomic mass is 10.00.